The third-order valence-electron chi connectivity index (χ3n) is 5.61. The van der Waals surface area contributed by atoms with E-state index in [1.54, 1.807) is 6.92 Å². The lowest BCUT2D eigenvalue weighted by Gasteiger charge is -2.17. The van der Waals surface area contributed by atoms with E-state index in [1.807, 2.05) is 56.3 Å². The van der Waals surface area contributed by atoms with Crippen molar-refractivity contribution < 1.29 is 9.53 Å². The number of hydrogen-bond acceptors (Lipinski definition) is 4. The molecule has 4 rings (SSSR count). The lowest BCUT2D eigenvalue weighted by atomic mass is 10.1. The van der Waals surface area contributed by atoms with Gasteiger partial charge < -0.3 is 14.6 Å². The number of fused-ring (bicyclic) bond motifs is 1. The molecule has 1 aromatic heterocycles. The van der Waals surface area contributed by atoms with Crippen molar-refractivity contribution in [3.63, 3.8) is 0 Å². The number of para-hydroxylation sites is 1. The fraction of sp³-hybridized carbons (Fsp3) is 0.375. The zero-order chi connectivity index (χ0) is 21.1. The predicted octanol–water partition coefficient (Wildman–Crippen LogP) is 4.69. The predicted molar refractivity (Wildman–Crippen MR) is 118 cm³/mol. The highest BCUT2D eigenvalue weighted by molar-refractivity contribution is 5.95. The molecule has 6 nitrogen and oxygen atoms in total. The van der Waals surface area contributed by atoms with Crippen LogP contribution in [0, 0.1) is 13.8 Å². The van der Waals surface area contributed by atoms with Crippen LogP contribution in [-0.2, 0) is 17.8 Å². The molecule has 1 N–H and O–H groups in total. The fourth-order valence-corrected chi connectivity index (χ4v) is 3.90. The normalized spacial score (nSPS) is 14.5. The van der Waals surface area contributed by atoms with E-state index in [-0.39, 0.29) is 5.91 Å². The number of hydrogen-bond donors (Lipinski definition) is 1. The number of aryl methyl sites for hydroxylation is 3. The van der Waals surface area contributed by atoms with Crippen molar-refractivity contribution in [2.45, 2.75) is 59.1 Å². The Kier molecular flexibility index (Phi) is 5.84. The van der Waals surface area contributed by atoms with Gasteiger partial charge in [0.25, 0.3) is 5.91 Å². The first kappa shape index (κ1) is 20.1. The van der Waals surface area contributed by atoms with Crippen LogP contribution in [-0.4, -0.2) is 26.8 Å². The molecule has 0 bridgehead atoms. The second-order valence-corrected chi connectivity index (χ2v) is 7.95. The lowest BCUT2D eigenvalue weighted by Crippen LogP contribution is -2.30. The number of nitrogens with one attached hydrogen (secondary N) is 1. The first-order valence-corrected chi connectivity index (χ1v) is 10.6. The van der Waals surface area contributed by atoms with Gasteiger partial charge in [0.1, 0.15) is 11.6 Å². The Morgan fingerprint density at radius 1 is 1.07 bits per heavy atom. The Hall–Kier alpha value is -3.15. The summed E-state index contributed by atoms with van der Waals surface area (Å²) < 4.78 is 8.18. The fourth-order valence-electron chi connectivity index (χ4n) is 3.90. The van der Waals surface area contributed by atoms with Gasteiger partial charge in [-0.3, -0.25) is 4.79 Å². The summed E-state index contributed by atoms with van der Waals surface area (Å²) in [5.74, 6) is 2.39. The van der Waals surface area contributed by atoms with Crippen molar-refractivity contribution in [2.24, 2.45) is 0 Å². The number of aromatic nitrogens is 3. The van der Waals surface area contributed by atoms with Gasteiger partial charge in [-0.2, -0.15) is 0 Å². The number of ether oxygens (including phenoxy) is 1. The van der Waals surface area contributed by atoms with Gasteiger partial charge in [0.2, 0.25) is 0 Å². The first-order chi connectivity index (χ1) is 14.5. The summed E-state index contributed by atoms with van der Waals surface area (Å²) >= 11 is 0. The van der Waals surface area contributed by atoms with Crippen molar-refractivity contribution in [1.82, 2.24) is 14.8 Å². The number of carbonyl (C=O) groups excluding carboxylic acids is 1. The number of nitrogens with zero attached hydrogens (tertiary/aromatic N) is 3. The van der Waals surface area contributed by atoms with Crippen molar-refractivity contribution in [1.29, 1.82) is 0 Å². The van der Waals surface area contributed by atoms with E-state index in [1.165, 1.54) is 6.42 Å². The van der Waals surface area contributed by atoms with Gasteiger partial charge in [0, 0.05) is 24.2 Å². The minimum atomic E-state index is -0.630. The largest absolute Gasteiger partial charge is 0.481 e. The third kappa shape index (κ3) is 4.22. The van der Waals surface area contributed by atoms with E-state index in [4.69, 9.17) is 4.74 Å². The second-order valence-electron chi connectivity index (χ2n) is 7.95. The molecule has 0 spiro atoms. The maximum absolute atomic E-state index is 12.7. The zero-order valence-corrected chi connectivity index (χ0v) is 17.8. The average molecular weight is 405 g/mol. The van der Waals surface area contributed by atoms with Gasteiger partial charge in [0.15, 0.2) is 11.9 Å². The van der Waals surface area contributed by atoms with Crippen LogP contribution in [0.1, 0.15) is 43.1 Å². The molecule has 0 aliphatic carbocycles. The van der Waals surface area contributed by atoms with Crippen molar-refractivity contribution in [2.75, 3.05) is 5.32 Å². The van der Waals surface area contributed by atoms with Crippen molar-refractivity contribution >= 4 is 11.6 Å². The van der Waals surface area contributed by atoms with Crippen molar-refractivity contribution in [3.05, 3.63) is 59.4 Å². The Labute approximate surface area is 177 Å². The molecule has 2 heterocycles. The highest BCUT2D eigenvalue weighted by atomic mass is 16.5. The highest BCUT2D eigenvalue weighted by Gasteiger charge is 2.19. The maximum Gasteiger partial charge on any atom is 0.265 e. The van der Waals surface area contributed by atoms with E-state index in [0.29, 0.717) is 5.75 Å². The molecule has 0 fully saturated rings. The number of benzene rings is 2. The summed E-state index contributed by atoms with van der Waals surface area (Å²) in [7, 11) is 0. The van der Waals surface area contributed by atoms with Crippen LogP contribution < -0.4 is 10.1 Å². The molecule has 156 valence electrons. The third-order valence-corrected chi connectivity index (χ3v) is 5.61. The van der Waals surface area contributed by atoms with E-state index in [0.717, 1.165) is 59.8 Å². The Bertz CT molecular complexity index is 1040. The van der Waals surface area contributed by atoms with Gasteiger partial charge in [0.05, 0.1) is 0 Å². The summed E-state index contributed by atoms with van der Waals surface area (Å²) in [6.45, 7) is 6.67. The SMILES string of the molecule is Cc1cccc(C)c1NC(=O)[C@@H](C)Oc1cccc(-c2nnc3n2CCCCC3)c1. The molecule has 1 amide bonds. The van der Waals surface area contributed by atoms with Crippen LogP contribution in [0.3, 0.4) is 0 Å². The summed E-state index contributed by atoms with van der Waals surface area (Å²) in [6, 6.07) is 13.7. The van der Waals surface area contributed by atoms with E-state index >= 15 is 0 Å². The lowest BCUT2D eigenvalue weighted by molar-refractivity contribution is -0.122. The van der Waals surface area contributed by atoms with Crippen LogP contribution >= 0.6 is 0 Å². The quantitative estimate of drug-likeness (QED) is 0.670. The Morgan fingerprint density at radius 2 is 1.83 bits per heavy atom. The monoisotopic (exact) mass is 404 g/mol. The first-order valence-electron chi connectivity index (χ1n) is 10.6. The molecule has 1 atom stereocenters. The molecule has 2 aromatic carbocycles. The average Bonchev–Trinajstić information content (AvgIpc) is 2.99. The molecule has 30 heavy (non-hydrogen) atoms. The highest BCUT2D eigenvalue weighted by Crippen LogP contribution is 2.26. The van der Waals surface area contributed by atoms with Crippen LogP contribution in [0.5, 0.6) is 5.75 Å². The molecule has 0 unspecified atom stereocenters. The summed E-state index contributed by atoms with van der Waals surface area (Å²) in [5.41, 5.74) is 3.86. The number of amides is 1. The smallest absolute Gasteiger partial charge is 0.265 e. The topological polar surface area (TPSA) is 69.0 Å². The standard InChI is InChI=1S/C24H28N4O2/c1-16-9-7-10-17(2)22(16)25-24(29)18(3)30-20-12-8-11-19(15-20)23-27-26-21-13-5-4-6-14-28(21)23/h7-12,15,18H,4-6,13-14H2,1-3H3,(H,25,29)/t18-/m1/s1. The van der Waals surface area contributed by atoms with Crippen molar-refractivity contribution in [3.8, 4) is 17.1 Å². The van der Waals surface area contributed by atoms with Gasteiger partial charge >= 0.3 is 0 Å². The molecule has 6 heteroatoms. The van der Waals surface area contributed by atoms with Crippen LogP contribution in [0.25, 0.3) is 11.4 Å². The minimum absolute atomic E-state index is 0.172. The summed E-state index contributed by atoms with van der Waals surface area (Å²) in [5, 5.41) is 11.8. The van der Waals surface area contributed by atoms with Gasteiger partial charge in [-0.25, -0.2) is 0 Å². The van der Waals surface area contributed by atoms with Crippen LogP contribution in [0.4, 0.5) is 5.69 Å². The van der Waals surface area contributed by atoms with Gasteiger partial charge in [-0.05, 0) is 56.9 Å². The maximum atomic E-state index is 12.7. The molecular formula is C24H28N4O2. The van der Waals surface area contributed by atoms with Gasteiger partial charge in [-0.1, -0.05) is 36.8 Å². The Balaban J connectivity index is 1.49. The molecule has 1 aliphatic rings. The number of rotatable bonds is 5. The van der Waals surface area contributed by atoms with Gasteiger partial charge in [-0.15, -0.1) is 10.2 Å². The molecule has 0 radical (unpaired) electrons. The molecule has 3 aromatic rings. The van der Waals surface area contributed by atoms with Crippen LogP contribution in [0.15, 0.2) is 42.5 Å². The summed E-state index contributed by atoms with van der Waals surface area (Å²) in [6.07, 6.45) is 3.87. The zero-order valence-electron chi connectivity index (χ0n) is 17.8. The molecular weight excluding hydrogens is 376 g/mol. The summed E-state index contributed by atoms with van der Waals surface area (Å²) in [4.78, 5) is 12.7. The Morgan fingerprint density at radius 3 is 2.63 bits per heavy atom. The van der Waals surface area contributed by atoms with E-state index < -0.39 is 6.10 Å². The number of anilines is 1. The van der Waals surface area contributed by atoms with E-state index in [9.17, 15) is 4.79 Å². The minimum Gasteiger partial charge on any atom is -0.481 e. The number of carbonyl (C=O) groups is 1. The molecule has 0 saturated carbocycles. The van der Waals surface area contributed by atoms with E-state index in [2.05, 4.69) is 20.1 Å². The second kappa shape index (κ2) is 8.69. The molecule has 0 saturated heterocycles. The van der Waals surface area contributed by atoms with Crippen LogP contribution in [0.2, 0.25) is 0 Å². The molecule has 1 aliphatic heterocycles.